The Hall–Kier alpha value is -0.980. The summed E-state index contributed by atoms with van der Waals surface area (Å²) in [5.41, 5.74) is 0.522. The van der Waals surface area contributed by atoms with E-state index in [1.54, 1.807) is 7.11 Å². The molecule has 2 atom stereocenters. The fraction of sp³-hybridized carbons (Fsp3) is 0.538. The maximum Gasteiger partial charge on any atom is 0.178 e. The van der Waals surface area contributed by atoms with Crippen LogP contribution >= 0.6 is 0 Å². The number of sulfone groups is 1. The minimum absolute atomic E-state index is 0.0759. The molecule has 0 saturated carbocycles. The second kappa shape index (κ2) is 5.56. The monoisotopic (exact) mass is 287 g/mol. The molecule has 0 fully saturated rings. The van der Waals surface area contributed by atoms with Crippen LogP contribution in [0.1, 0.15) is 24.9 Å². The van der Waals surface area contributed by atoms with Gasteiger partial charge in [0.05, 0.1) is 17.3 Å². The van der Waals surface area contributed by atoms with Gasteiger partial charge in [-0.15, -0.1) is 0 Å². The maximum absolute atomic E-state index is 13.4. The fourth-order valence-electron chi connectivity index (χ4n) is 2.43. The number of methoxy groups -OCH3 is 1. The van der Waals surface area contributed by atoms with Crippen molar-refractivity contribution in [2.75, 3.05) is 19.5 Å². The second-order valence-corrected chi connectivity index (χ2v) is 6.94. The predicted molar refractivity (Wildman–Crippen MR) is 70.3 cm³/mol. The van der Waals surface area contributed by atoms with E-state index in [1.807, 2.05) is 6.92 Å². The van der Waals surface area contributed by atoms with Crippen LogP contribution in [-0.2, 0) is 14.6 Å². The maximum atomic E-state index is 13.4. The fourth-order valence-corrected chi connectivity index (χ4v) is 4.03. The van der Waals surface area contributed by atoms with E-state index in [0.29, 0.717) is 18.6 Å². The molecule has 1 aliphatic heterocycles. The Labute approximate surface area is 112 Å². The SMILES string of the molecule is COCC(C)NC1CCS(=O)(=O)c2ccc(F)cc21. The van der Waals surface area contributed by atoms with E-state index in [4.69, 9.17) is 4.74 Å². The average molecular weight is 287 g/mol. The molecule has 106 valence electrons. The van der Waals surface area contributed by atoms with Crippen LogP contribution in [0.15, 0.2) is 23.1 Å². The average Bonchev–Trinajstić information content (AvgIpc) is 2.33. The number of ether oxygens (including phenoxy) is 1. The van der Waals surface area contributed by atoms with E-state index in [0.717, 1.165) is 0 Å². The molecule has 0 saturated heterocycles. The lowest BCUT2D eigenvalue weighted by atomic mass is 10.0. The first-order valence-electron chi connectivity index (χ1n) is 6.21. The first-order valence-corrected chi connectivity index (χ1v) is 7.86. The quantitative estimate of drug-likeness (QED) is 0.856. The molecule has 19 heavy (non-hydrogen) atoms. The van der Waals surface area contributed by atoms with Crippen molar-refractivity contribution in [1.29, 1.82) is 0 Å². The van der Waals surface area contributed by atoms with Crippen molar-refractivity contribution in [3.05, 3.63) is 29.6 Å². The Bertz CT molecular complexity index is 559. The molecule has 0 spiro atoms. The third-order valence-corrected chi connectivity index (χ3v) is 5.08. The van der Waals surface area contributed by atoms with Crippen molar-refractivity contribution in [2.24, 2.45) is 0 Å². The molecule has 1 aliphatic rings. The van der Waals surface area contributed by atoms with Crippen LogP contribution in [0.25, 0.3) is 0 Å². The summed E-state index contributed by atoms with van der Waals surface area (Å²) >= 11 is 0. The van der Waals surface area contributed by atoms with E-state index in [2.05, 4.69) is 5.32 Å². The second-order valence-electron chi connectivity index (χ2n) is 4.87. The van der Waals surface area contributed by atoms with Crippen LogP contribution in [0.4, 0.5) is 4.39 Å². The highest BCUT2D eigenvalue weighted by Crippen LogP contribution is 2.32. The summed E-state index contributed by atoms with van der Waals surface area (Å²) in [5.74, 6) is -0.328. The number of nitrogens with one attached hydrogen (secondary N) is 1. The zero-order valence-electron chi connectivity index (χ0n) is 11.0. The Kier molecular flexibility index (Phi) is 4.23. The van der Waals surface area contributed by atoms with Crippen LogP contribution in [0.2, 0.25) is 0 Å². The molecular formula is C13H18FNO3S. The number of hydrogen-bond acceptors (Lipinski definition) is 4. The summed E-state index contributed by atoms with van der Waals surface area (Å²) in [6.45, 7) is 2.47. The molecular weight excluding hydrogens is 269 g/mol. The molecule has 2 rings (SSSR count). The van der Waals surface area contributed by atoms with Gasteiger partial charge in [-0.3, -0.25) is 0 Å². The summed E-state index contributed by atoms with van der Waals surface area (Å²) in [4.78, 5) is 0.238. The van der Waals surface area contributed by atoms with Gasteiger partial charge in [-0.25, -0.2) is 12.8 Å². The van der Waals surface area contributed by atoms with E-state index in [-0.39, 0.29) is 22.7 Å². The van der Waals surface area contributed by atoms with Crippen molar-refractivity contribution >= 4 is 9.84 Å². The number of hydrogen-bond donors (Lipinski definition) is 1. The Balaban J connectivity index is 2.32. The summed E-state index contributed by atoms with van der Waals surface area (Å²) in [6.07, 6.45) is 0.451. The molecule has 1 aromatic rings. The van der Waals surface area contributed by atoms with Crippen molar-refractivity contribution in [3.8, 4) is 0 Å². The number of halogens is 1. The van der Waals surface area contributed by atoms with Crippen LogP contribution < -0.4 is 5.32 Å². The molecule has 6 heteroatoms. The number of rotatable bonds is 4. The highest BCUT2D eigenvalue weighted by atomic mass is 32.2. The van der Waals surface area contributed by atoms with Crippen LogP contribution in [0.5, 0.6) is 0 Å². The third kappa shape index (κ3) is 3.13. The molecule has 0 aromatic heterocycles. The summed E-state index contributed by atoms with van der Waals surface area (Å²) in [7, 11) is -1.67. The predicted octanol–water partition coefficient (Wildman–Crippen LogP) is 1.67. The van der Waals surface area contributed by atoms with Gasteiger partial charge in [-0.2, -0.15) is 0 Å². The van der Waals surface area contributed by atoms with E-state index in [1.165, 1.54) is 18.2 Å². The molecule has 0 aliphatic carbocycles. The van der Waals surface area contributed by atoms with Gasteiger partial charge in [0.15, 0.2) is 9.84 Å². The smallest absolute Gasteiger partial charge is 0.178 e. The van der Waals surface area contributed by atoms with E-state index < -0.39 is 15.7 Å². The Morgan fingerprint density at radius 3 is 2.95 bits per heavy atom. The topological polar surface area (TPSA) is 55.4 Å². The molecule has 0 radical (unpaired) electrons. The Morgan fingerprint density at radius 1 is 1.53 bits per heavy atom. The van der Waals surface area contributed by atoms with E-state index >= 15 is 0 Å². The number of fused-ring (bicyclic) bond motifs is 1. The van der Waals surface area contributed by atoms with Crippen LogP contribution in [-0.4, -0.2) is 33.9 Å². The van der Waals surface area contributed by atoms with Crippen LogP contribution in [0.3, 0.4) is 0 Å². The molecule has 0 amide bonds. The number of benzene rings is 1. The first kappa shape index (κ1) is 14.4. The van der Waals surface area contributed by atoms with Crippen molar-refractivity contribution in [1.82, 2.24) is 5.32 Å². The van der Waals surface area contributed by atoms with Gasteiger partial charge in [0.1, 0.15) is 5.82 Å². The zero-order chi connectivity index (χ0) is 14.0. The van der Waals surface area contributed by atoms with Gasteiger partial charge in [0, 0.05) is 19.2 Å². The first-order chi connectivity index (χ1) is 8.94. The standard InChI is InChI=1S/C13H18FNO3S/c1-9(8-18-2)15-12-5-6-19(16,17)13-4-3-10(14)7-11(12)13/h3-4,7,9,12,15H,5-6,8H2,1-2H3. The van der Waals surface area contributed by atoms with Crippen molar-refractivity contribution in [3.63, 3.8) is 0 Å². The highest BCUT2D eigenvalue weighted by molar-refractivity contribution is 7.91. The minimum Gasteiger partial charge on any atom is -0.383 e. The summed E-state index contributed by atoms with van der Waals surface area (Å²) in [5, 5.41) is 3.28. The van der Waals surface area contributed by atoms with Gasteiger partial charge in [-0.1, -0.05) is 0 Å². The Morgan fingerprint density at radius 2 is 2.26 bits per heavy atom. The molecule has 4 nitrogen and oxygen atoms in total. The van der Waals surface area contributed by atoms with Gasteiger partial charge < -0.3 is 10.1 Å². The molecule has 1 aromatic carbocycles. The lowest BCUT2D eigenvalue weighted by Crippen LogP contribution is -2.37. The third-order valence-electron chi connectivity index (χ3n) is 3.26. The van der Waals surface area contributed by atoms with Crippen molar-refractivity contribution in [2.45, 2.75) is 30.3 Å². The molecule has 2 unspecified atom stereocenters. The molecule has 0 bridgehead atoms. The van der Waals surface area contributed by atoms with Gasteiger partial charge in [0.25, 0.3) is 0 Å². The van der Waals surface area contributed by atoms with Crippen LogP contribution in [0, 0.1) is 5.82 Å². The largest absolute Gasteiger partial charge is 0.383 e. The lowest BCUT2D eigenvalue weighted by Gasteiger charge is -2.29. The molecule has 1 heterocycles. The van der Waals surface area contributed by atoms with Gasteiger partial charge in [-0.05, 0) is 37.1 Å². The van der Waals surface area contributed by atoms with Gasteiger partial charge >= 0.3 is 0 Å². The minimum atomic E-state index is -3.28. The summed E-state index contributed by atoms with van der Waals surface area (Å²) in [6, 6.07) is 3.78. The van der Waals surface area contributed by atoms with Crippen molar-refractivity contribution < 1.29 is 17.5 Å². The summed E-state index contributed by atoms with van der Waals surface area (Å²) < 4.78 is 42.3. The zero-order valence-corrected chi connectivity index (χ0v) is 11.8. The lowest BCUT2D eigenvalue weighted by molar-refractivity contribution is 0.165. The highest BCUT2D eigenvalue weighted by Gasteiger charge is 2.31. The molecule has 1 N–H and O–H groups in total. The van der Waals surface area contributed by atoms with Gasteiger partial charge in [0.2, 0.25) is 0 Å². The van der Waals surface area contributed by atoms with E-state index in [9.17, 15) is 12.8 Å². The normalized spacial score (nSPS) is 22.8.